The number of hydrogen-bond donors (Lipinski definition) is 0. The standard InChI is InChI=1S/C20H19NO3/c1-24-17-9-5-8-14-10-16-15(19(14)17)11-18(22)21(20(16)23)12-13-6-3-2-4-7-13/h2-9,15-16H,10-12H2,1H3/t15-,16-/m1/s1. The van der Waals surface area contributed by atoms with Crippen molar-refractivity contribution in [2.75, 3.05) is 7.11 Å². The minimum Gasteiger partial charge on any atom is -0.496 e. The molecule has 122 valence electrons. The number of rotatable bonds is 3. The second-order valence-corrected chi connectivity index (χ2v) is 6.46. The van der Waals surface area contributed by atoms with Gasteiger partial charge in [-0.05, 0) is 23.6 Å². The van der Waals surface area contributed by atoms with Crippen LogP contribution in [-0.4, -0.2) is 23.8 Å². The average molecular weight is 321 g/mol. The number of carbonyl (C=O) groups is 2. The molecule has 1 heterocycles. The second-order valence-electron chi connectivity index (χ2n) is 6.46. The first-order valence-electron chi connectivity index (χ1n) is 8.23. The van der Waals surface area contributed by atoms with E-state index in [0.29, 0.717) is 19.4 Å². The van der Waals surface area contributed by atoms with Gasteiger partial charge in [0.15, 0.2) is 0 Å². The highest BCUT2D eigenvalue weighted by molar-refractivity contribution is 6.00. The monoisotopic (exact) mass is 321 g/mol. The number of hydrogen-bond acceptors (Lipinski definition) is 3. The molecule has 2 aromatic rings. The molecule has 0 spiro atoms. The Kier molecular flexibility index (Phi) is 3.60. The van der Waals surface area contributed by atoms with Crippen LogP contribution in [0.5, 0.6) is 5.75 Å². The zero-order valence-corrected chi connectivity index (χ0v) is 13.6. The largest absolute Gasteiger partial charge is 0.496 e. The van der Waals surface area contributed by atoms with E-state index in [4.69, 9.17) is 4.74 Å². The summed E-state index contributed by atoms with van der Waals surface area (Å²) in [6.45, 7) is 0.356. The van der Waals surface area contributed by atoms with Crippen molar-refractivity contribution in [2.24, 2.45) is 5.92 Å². The van der Waals surface area contributed by atoms with Gasteiger partial charge in [-0.3, -0.25) is 14.5 Å². The molecule has 4 heteroatoms. The van der Waals surface area contributed by atoms with Gasteiger partial charge in [-0.15, -0.1) is 0 Å². The quantitative estimate of drug-likeness (QED) is 0.817. The molecule has 1 aliphatic heterocycles. The Morgan fingerprint density at radius 2 is 1.79 bits per heavy atom. The summed E-state index contributed by atoms with van der Waals surface area (Å²) in [6.07, 6.45) is 1.06. The summed E-state index contributed by atoms with van der Waals surface area (Å²) in [6, 6.07) is 15.6. The van der Waals surface area contributed by atoms with Crippen molar-refractivity contribution in [3.8, 4) is 5.75 Å². The fourth-order valence-electron chi connectivity index (χ4n) is 4.00. The number of benzene rings is 2. The van der Waals surface area contributed by atoms with E-state index < -0.39 is 0 Å². The molecule has 2 aromatic carbocycles. The smallest absolute Gasteiger partial charge is 0.233 e. The first kappa shape index (κ1) is 14.9. The number of amides is 2. The lowest BCUT2D eigenvalue weighted by atomic mass is 9.84. The van der Waals surface area contributed by atoms with Crippen molar-refractivity contribution in [2.45, 2.75) is 25.3 Å². The Hall–Kier alpha value is -2.62. The lowest BCUT2D eigenvalue weighted by Gasteiger charge is -2.33. The summed E-state index contributed by atoms with van der Waals surface area (Å²) in [7, 11) is 1.64. The molecule has 1 fully saturated rings. The van der Waals surface area contributed by atoms with Crippen LogP contribution in [0.4, 0.5) is 0 Å². The highest BCUT2D eigenvalue weighted by Gasteiger charge is 2.47. The van der Waals surface area contributed by atoms with Crippen LogP contribution >= 0.6 is 0 Å². The normalized spacial score (nSPS) is 22.3. The molecule has 0 unspecified atom stereocenters. The zero-order valence-electron chi connectivity index (χ0n) is 13.6. The van der Waals surface area contributed by atoms with E-state index >= 15 is 0 Å². The SMILES string of the molecule is COc1cccc2c1[C@@H]1CC(=O)N(Cc3ccccc3)C(=O)[C@@H]1C2. The van der Waals surface area contributed by atoms with Gasteiger partial charge in [0.25, 0.3) is 0 Å². The van der Waals surface area contributed by atoms with Gasteiger partial charge >= 0.3 is 0 Å². The van der Waals surface area contributed by atoms with Crippen LogP contribution < -0.4 is 4.74 Å². The summed E-state index contributed by atoms with van der Waals surface area (Å²) in [5.74, 6) is 0.431. The molecule has 1 saturated heterocycles. The molecule has 4 rings (SSSR count). The van der Waals surface area contributed by atoms with Gasteiger partial charge in [0, 0.05) is 17.9 Å². The minimum absolute atomic E-state index is 0.0526. The van der Waals surface area contributed by atoms with E-state index in [1.54, 1.807) is 7.11 Å². The van der Waals surface area contributed by atoms with Crippen molar-refractivity contribution in [3.05, 3.63) is 65.2 Å². The summed E-state index contributed by atoms with van der Waals surface area (Å²) in [5.41, 5.74) is 3.16. The van der Waals surface area contributed by atoms with Gasteiger partial charge in [-0.25, -0.2) is 0 Å². The first-order chi connectivity index (χ1) is 11.7. The Morgan fingerprint density at radius 3 is 2.54 bits per heavy atom. The summed E-state index contributed by atoms with van der Waals surface area (Å²) in [5, 5.41) is 0. The van der Waals surface area contributed by atoms with Crippen LogP contribution in [0.15, 0.2) is 48.5 Å². The van der Waals surface area contributed by atoms with E-state index in [9.17, 15) is 9.59 Å². The highest BCUT2D eigenvalue weighted by Crippen LogP contribution is 2.48. The van der Waals surface area contributed by atoms with Crippen molar-refractivity contribution in [1.29, 1.82) is 0 Å². The number of nitrogens with zero attached hydrogens (tertiary/aromatic N) is 1. The predicted molar refractivity (Wildman–Crippen MR) is 89.5 cm³/mol. The van der Waals surface area contributed by atoms with Crippen LogP contribution in [0, 0.1) is 5.92 Å². The lowest BCUT2D eigenvalue weighted by molar-refractivity contribution is -0.153. The molecular weight excluding hydrogens is 302 g/mol. The van der Waals surface area contributed by atoms with Crippen LogP contribution in [0.1, 0.15) is 29.0 Å². The number of piperidine rings is 1. The maximum Gasteiger partial charge on any atom is 0.233 e. The topological polar surface area (TPSA) is 46.6 Å². The summed E-state index contributed by atoms with van der Waals surface area (Å²) >= 11 is 0. The third-order valence-electron chi connectivity index (χ3n) is 5.13. The number of ether oxygens (including phenoxy) is 1. The van der Waals surface area contributed by atoms with E-state index in [1.165, 1.54) is 4.90 Å². The average Bonchev–Trinajstić information content (AvgIpc) is 2.98. The zero-order chi connectivity index (χ0) is 16.7. The number of likely N-dealkylation sites (tertiary alicyclic amines) is 1. The molecule has 0 radical (unpaired) electrons. The van der Waals surface area contributed by atoms with Gasteiger partial charge in [0.2, 0.25) is 11.8 Å². The molecule has 2 atom stereocenters. The van der Waals surface area contributed by atoms with Gasteiger partial charge < -0.3 is 4.74 Å². The molecule has 2 amide bonds. The van der Waals surface area contributed by atoms with Crippen molar-refractivity contribution >= 4 is 11.8 Å². The van der Waals surface area contributed by atoms with Gasteiger partial charge in [0.05, 0.1) is 19.6 Å². The Morgan fingerprint density at radius 1 is 1.00 bits per heavy atom. The predicted octanol–water partition coefficient (Wildman–Crippen LogP) is 2.91. The summed E-state index contributed by atoms with van der Waals surface area (Å²) in [4.78, 5) is 27.0. The molecular formula is C20H19NO3. The molecule has 0 saturated carbocycles. The van der Waals surface area contributed by atoms with Crippen molar-refractivity contribution < 1.29 is 14.3 Å². The molecule has 0 bridgehead atoms. The molecule has 4 nitrogen and oxygen atoms in total. The minimum atomic E-state index is -0.155. The van der Waals surface area contributed by atoms with Crippen LogP contribution in [0.3, 0.4) is 0 Å². The molecule has 0 aromatic heterocycles. The third-order valence-corrected chi connectivity index (χ3v) is 5.13. The maximum atomic E-state index is 13.0. The van der Waals surface area contributed by atoms with Crippen LogP contribution in [0.2, 0.25) is 0 Å². The molecule has 0 N–H and O–H groups in total. The number of imide groups is 1. The first-order valence-corrected chi connectivity index (χ1v) is 8.23. The Balaban J connectivity index is 1.64. The Labute approximate surface area is 141 Å². The van der Waals surface area contributed by atoms with Gasteiger partial charge in [-0.2, -0.15) is 0 Å². The number of carbonyl (C=O) groups excluding carboxylic acids is 2. The summed E-state index contributed by atoms with van der Waals surface area (Å²) < 4.78 is 5.46. The molecule has 1 aliphatic carbocycles. The van der Waals surface area contributed by atoms with Crippen molar-refractivity contribution in [1.82, 2.24) is 4.90 Å². The second kappa shape index (κ2) is 5.78. The third kappa shape index (κ3) is 2.30. The fraction of sp³-hybridized carbons (Fsp3) is 0.300. The van der Waals surface area contributed by atoms with Gasteiger partial charge in [-0.1, -0.05) is 42.5 Å². The van der Waals surface area contributed by atoms with Crippen molar-refractivity contribution in [3.63, 3.8) is 0 Å². The van der Waals surface area contributed by atoms with Crippen LogP contribution in [0.25, 0.3) is 0 Å². The van der Waals surface area contributed by atoms with Crippen LogP contribution in [-0.2, 0) is 22.6 Å². The van der Waals surface area contributed by atoms with Gasteiger partial charge in [0.1, 0.15) is 5.75 Å². The lowest BCUT2D eigenvalue weighted by Crippen LogP contribution is -2.46. The Bertz CT molecular complexity index is 800. The van der Waals surface area contributed by atoms with E-state index in [-0.39, 0.29) is 23.7 Å². The number of methoxy groups -OCH3 is 1. The van der Waals surface area contributed by atoms with E-state index in [0.717, 1.165) is 22.4 Å². The maximum absolute atomic E-state index is 13.0. The number of fused-ring (bicyclic) bond motifs is 3. The van der Waals surface area contributed by atoms with E-state index in [1.807, 2.05) is 48.5 Å². The highest BCUT2D eigenvalue weighted by atomic mass is 16.5. The van der Waals surface area contributed by atoms with E-state index in [2.05, 4.69) is 0 Å². The molecule has 2 aliphatic rings. The fourth-order valence-corrected chi connectivity index (χ4v) is 4.00. The molecule has 24 heavy (non-hydrogen) atoms.